The second-order valence-electron chi connectivity index (χ2n) is 5.06. The van der Waals surface area contributed by atoms with Gasteiger partial charge in [-0.1, -0.05) is 26.7 Å². The number of nitrogens with one attached hydrogen (secondary N) is 1. The highest BCUT2D eigenvalue weighted by molar-refractivity contribution is 4.96. The first-order chi connectivity index (χ1) is 8.29. The Bertz CT molecular complexity index is 191. The Morgan fingerprint density at radius 3 is 2.41 bits per heavy atom. The quantitative estimate of drug-likeness (QED) is 0.632. The predicted molar refractivity (Wildman–Crippen MR) is 71.4 cm³/mol. The lowest BCUT2D eigenvalue weighted by Crippen LogP contribution is -2.53. The van der Waals surface area contributed by atoms with Gasteiger partial charge in [-0.05, 0) is 32.2 Å². The molecular formula is C14H29NO2. The maximum atomic E-state index is 5.85. The molecule has 1 fully saturated rings. The van der Waals surface area contributed by atoms with E-state index in [2.05, 4.69) is 19.2 Å². The van der Waals surface area contributed by atoms with E-state index in [1.807, 2.05) is 7.11 Å². The first-order valence-corrected chi connectivity index (χ1v) is 7.15. The normalized spacial score (nSPS) is 20.6. The number of methoxy groups -OCH3 is 1. The molecule has 0 bridgehead atoms. The molecule has 0 radical (unpaired) electrons. The van der Waals surface area contributed by atoms with Gasteiger partial charge in [-0.25, -0.2) is 0 Å². The van der Waals surface area contributed by atoms with Crippen molar-refractivity contribution in [1.82, 2.24) is 5.32 Å². The van der Waals surface area contributed by atoms with Gasteiger partial charge in [0, 0.05) is 13.7 Å². The summed E-state index contributed by atoms with van der Waals surface area (Å²) >= 11 is 0. The molecule has 0 spiro atoms. The second kappa shape index (κ2) is 8.06. The summed E-state index contributed by atoms with van der Waals surface area (Å²) in [5.41, 5.74) is 0.0168. The van der Waals surface area contributed by atoms with E-state index in [9.17, 15) is 0 Å². The smallest absolute Gasteiger partial charge is 0.0853 e. The number of hydrogen-bond donors (Lipinski definition) is 1. The van der Waals surface area contributed by atoms with Gasteiger partial charge in [0.2, 0.25) is 0 Å². The molecule has 1 aliphatic rings. The molecular weight excluding hydrogens is 214 g/mol. The molecule has 0 amide bonds. The van der Waals surface area contributed by atoms with Crippen LogP contribution in [0, 0.1) is 0 Å². The average Bonchev–Trinajstić information content (AvgIpc) is 2.83. The minimum Gasteiger partial charge on any atom is -0.380 e. The summed E-state index contributed by atoms with van der Waals surface area (Å²) in [6.45, 7) is 7.03. The van der Waals surface area contributed by atoms with Crippen LogP contribution in [0.2, 0.25) is 0 Å². The lowest BCUT2D eigenvalue weighted by Gasteiger charge is -2.37. The van der Waals surface area contributed by atoms with Crippen LogP contribution in [0.25, 0.3) is 0 Å². The zero-order valence-corrected chi connectivity index (χ0v) is 11.8. The number of ether oxygens (including phenoxy) is 2. The Hall–Kier alpha value is -0.120. The summed E-state index contributed by atoms with van der Waals surface area (Å²) in [6.07, 6.45) is 7.14. The van der Waals surface area contributed by atoms with Gasteiger partial charge in [-0.2, -0.15) is 0 Å². The van der Waals surface area contributed by atoms with Crippen molar-refractivity contribution in [2.24, 2.45) is 0 Å². The van der Waals surface area contributed by atoms with Gasteiger partial charge in [0.1, 0.15) is 0 Å². The zero-order chi connectivity index (χ0) is 12.6. The van der Waals surface area contributed by atoms with Crippen molar-refractivity contribution in [2.75, 3.05) is 26.9 Å². The second-order valence-corrected chi connectivity index (χ2v) is 5.06. The third kappa shape index (κ3) is 4.23. The highest BCUT2D eigenvalue weighted by Crippen LogP contribution is 2.35. The van der Waals surface area contributed by atoms with E-state index in [1.54, 1.807) is 0 Å². The van der Waals surface area contributed by atoms with Gasteiger partial charge in [0.15, 0.2) is 0 Å². The third-order valence-electron chi connectivity index (χ3n) is 3.77. The minimum atomic E-state index is 0.0168. The van der Waals surface area contributed by atoms with Crippen molar-refractivity contribution in [3.05, 3.63) is 0 Å². The molecule has 3 heteroatoms. The molecule has 0 aliphatic heterocycles. The Balaban J connectivity index is 2.52. The van der Waals surface area contributed by atoms with Crippen LogP contribution in [-0.4, -0.2) is 38.5 Å². The lowest BCUT2D eigenvalue weighted by atomic mass is 9.92. The monoisotopic (exact) mass is 243 g/mol. The lowest BCUT2D eigenvalue weighted by molar-refractivity contribution is -0.0595. The Morgan fingerprint density at radius 2 is 1.88 bits per heavy atom. The van der Waals surface area contributed by atoms with E-state index in [4.69, 9.17) is 9.47 Å². The van der Waals surface area contributed by atoms with Crippen LogP contribution in [0.1, 0.15) is 52.4 Å². The van der Waals surface area contributed by atoms with Crippen molar-refractivity contribution >= 4 is 0 Å². The molecule has 0 aromatic heterocycles. The molecule has 1 atom stereocenters. The maximum absolute atomic E-state index is 5.85. The van der Waals surface area contributed by atoms with Crippen molar-refractivity contribution < 1.29 is 9.47 Å². The first kappa shape index (κ1) is 14.9. The molecule has 3 nitrogen and oxygen atoms in total. The molecule has 17 heavy (non-hydrogen) atoms. The van der Waals surface area contributed by atoms with Crippen LogP contribution in [0.15, 0.2) is 0 Å². The highest BCUT2D eigenvalue weighted by atomic mass is 16.5. The van der Waals surface area contributed by atoms with Crippen molar-refractivity contribution in [3.8, 4) is 0 Å². The molecule has 0 aromatic carbocycles. The fraction of sp³-hybridized carbons (Fsp3) is 1.00. The summed E-state index contributed by atoms with van der Waals surface area (Å²) in [5, 5.41) is 3.61. The summed E-state index contributed by atoms with van der Waals surface area (Å²) in [7, 11) is 1.85. The Morgan fingerprint density at radius 1 is 1.18 bits per heavy atom. The fourth-order valence-corrected chi connectivity index (χ4v) is 2.73. The van der Waals surface area contributed by atoms with E-state index in [0.717, 1.165) is 32.6 Å². The van der Waals surface area contributed by atoms with Crippen molar-refractivity contribution in [1.29, 1.82) is 0 Å². The minimum absolute atomic E-state index is 0.0168. The number of hydrogen-bond acceptors (Lipinski definition) is 3. The van der Waals surface area contributed by atoms with Gasteiger partial charge < -0.3 is 14.8 Å². The third-order valence-corrected chi connectivity index (χ3v) is 3.77. The fourth-order valence-electron chi connectivity index (χ4n) is 2.73. The SMILES string of the molecule is CCCNC(COCCC)C1(OC)CCCC1. The standard InChI is InChI=1S/C14H29NO2/c1-4-10-15-13(12-17-11-5-2)14(16-3)8-6-7-9-14/h13,15H,4-12H2,1-3H3. The van der Waals surface area contributed by atoms with Crippen molar-refractivity contribution in [3.63, 3.8) is 0 Å². The van der Waals surface area contributed by atoms with Crippen molar-refractivity contribution in [2.45, 2.75) is 64.0 Å². The molecule has 1 unspecified atom stereocenters. The highest BCUT2D eigenvalue weighted by Gasteiger charge is 2.41. The van der Waals surface area contributed by atoms with Gasteiger partial charge in [-0.15, -0.1) is 0 Å². The molecule has 102 valence electrons. The van der Waals surface area contributed by atoms with Crippen LogP contribution in [-0.2, 0) is 9.47 Å². The average molecular weight is 243 g/mol. The van der Waals surface area contributed by atoms with E-state index >= 15 is 0 Å². The topological polar surface area (TPSA) is 30.5 Å². The van der Waals surface area contributed by atoms with Gasteiger partial charge in [0.05, 0.1) is 18.2 Å². The Labute approximate surface area is 106 Å². The number of rotatable bonds is 9. The molecule has 1 N–H and O–H groups in total. The Kier molecular flexibility index (Phi) is 7.09. The van der Waals surface area contributed by atoms with Crippen LogP contribution in [0.5, 0.6) is 0 Å². The van der Waals surface area contributed by atoms with Crippen LogP contribution in [0.3, 0.4) is 0 Å². The molecule has 1 rings (SSSR count). The predicted octanol–water partition coefficient (Wildman–Crippen LogP) is 2.74. The summed E-state index contributed by atoms with van der Waals surface area (Å²) in [4.78, 5) is 0. The molecule has 0 heterocycles. The summed E-state index contributed by atoms with van der Waals surface area (Å²) in [6, 6.07) is 0.349. The maximum Gasteiger partial charge on any atom is 0.0853 e. The van der Waals surface area contributed by atoms with Gasteiger partial charge in [0.25, 0.3) is 0 Å². The van der Waals surface area contributed by atoms with E-state index in [1.165, 1.54) is 25.7 Å². The van der Waals surface area contributed by atoms with E-state index in [-0.39, 0.29) is 5.60 Å². The van der Waals surface area contributed by atoms with Crippen LogP contribution < -0.4 is 5.32 Å². The summed E-state index contributed by atoms with van der Waals surface area (Å²) in [5.74, 6) is 0. The van der Waals surface area contributed by atoms with E-state index in [0.29, 0.717) is 6.04 Å². The first-order valence-electron chi connectivity index (χ1n) is 7.15. The summed E-state index contributed by atoms with van der Waals surface area (Å²) < 4.78 is 11.6. The van der Waals surface area contributed by atoms with Gasteiger partial charge >= 0.3 is 0 Å². The molecule has 0 saturated heterocycles. The van der Waals surface area contributed by atoms with Gasteiger partial charge in [-0.3, -0.25) is 0 Å². The largest absolute Gasteiger partial charge is 0.380 e. The molecule has 0 aromatic rings. The molecule has 1 saturated carbocycles. The molecule has 1 aliphatic carbocycles. The van der Waals surface area contributed by atoms with Crippen LogP contribution in [0.4, 0.5) is 0 Å². The zero-order valence-electron chi connectivity index (χ0n) is 11.8. The van der Waals surface area contributed by atoms with Crippen LogP contribution >= 0.6 is 0 Å². The van der Waals surface area contributed by atoms with E-state index < -0.39 is 0 Å².